The van der Waals surface area contributed by atoms with E-state index in [1.54, 1.807) is 18.2 Å². The second kappa shape index (κ2) is 7.26. The number of nitrogens with one attached hydrogen (secondary N) is 1. The van der Waals surface area contributed by atoms with Gasteiger partial charge in [0.05, 0.1) is 6.61 Å². The zero-order valence-corrected chi connectivity index (χ0v) is 14.8. The first-order valence-electron chi connectivity index (χ1n) is 6.93. The van der Waals surface area contributed by atoms with Crippen molar-refractivity contribution >= 4 is 26.0 Å². The summed E-state index contributed by atoms with van der Waals surface area (Å²) in [7, 11) is -3.69. The van der Waals surface area contributed by atoms with Crippen LogP contribution in [0.25, 0.3) is 0 Å². The number of rotatable bonds is 6. The second-order valence-electron chi connectivity index (χ2n) is 4.78. The monoisotopic (exact) mass is 383 g/mol. The Morgan fingerprint density at radius 1 is 1.18 bits per heavy atom. The van der Waals surface area contributed by atoms with Gasteiger partial charge in [0, 0.05) is 10.5 Å². The van der Waals surface area contributed by atoms with Gasteiger partial charge in [0.15, 0.2) is 0 Å². The van der Waals surface area contributed by atoms with E-state index in [1.807, 2.05) is 44.2 Å². The van der Waals surface area contributed by atoms with E-state index < -0.39 is 10.0 Å². The van der Waals surface area contributed by atoms with Crippen molar-refractivity contribution < 1.29 is 13.2 Å². The topological polar surface area (TPSA) is 55.4 Å². The van der Waals surface area contributed by atoms with E-state index in [0.29, 0.717) is 16.8 Å². The average molecular weight is 384 g/mol. The molecule has 0 saturated carbocycles. The van der Waals surface area contributed by atoms with E-state index in [2.05, 4.69) is 20.7 Å². The zero-order chi connectivity index (χ0) is 16.2. The molecule has 0 aliphatic heterocycles. The number of hydrogen-bond acceptors (Lipinski definition) is 3. The molecule has 2 aromatic carbocycles. The molecule has 0 bridgehead atoms. The summed E-state index contributed by atoms with van der Waals surface area (Å²) >= 11 is 3.30. The van der Waals surface area contributed by atoms with Gasteiger partial charge in [-0.05, 0) is 37.6 Å². The minimum atomic E-state index is -3.69. The van der Waals surface area contributed by atoms with E-state index in [4.69, 9.17) is 4.74 Å². The first kappa shape index (κ1) is 17.0. The Balaban J connectivity index is 2.32. The maximum atomic E-state index is 12.7. The lowest BCUT2D eigenvalue weighted by atomic mass is 10.1. The van der Waals surface area contributed by atoms with E-state index in [1.165, 1.54) is 0 Å². The standard InChI is InChI=1S/C16H18BrNO3S/c1-3-21-15-10-9-14(17)11-16(15)22(19,20)18-12(2)13-7-5-4-6-8-13/h4-12,18H,3H2,1-2H3/t12-/m0/s1. The second-order valence-corrected chi connectivity index (χ2v) is 7.38. The summed E-state index contributed by atoms with van der Waals surface area (Å²) in [5, 5.41) is 0. The quantitative estimate of drug-likeness (QED) is 0.822. The highest BCUT2D eigenvalue weighted by Gasteiger charge is 2.22. The lowest BCUT2D eigenvalue weighted by molar-refractivity contribution is 0.331. The molecule has 6 heteroatoms. The molecule has 0 aliphatic carbocycles. The summed E-state index contributed by atoms with van der Waals surface area (Å²) in [6.45, 7) is 4.03. The van der Waals surface area contributed by atoms with Crippen LogP contribution < -0.4 is 9.46 Å². The third-order valence-corrected chi connectivity index (χ3v) is 5.18. The van der Waals surface area contributed by atoms with E-state index in [9.17, 15) is 8.42 Å². The predicted molar refractivity (Wildman–Crippen MR) is 90.5 cm³/mol. The summed E-state index contributed by atoms with van der Waals surface area (Å²) in [4.78, 5) is 0.131. The van der Waals surface area contributed by atoms with Gasteiger partial charge >= 0.3 is 0 Å². The molecule has 0 aromatic heterocycles. The summed E-state index contributed by atoms with van der Waals surface area (Å²) in [5.74, 6) is 0.346. The van der Waals surface area contributed by atoms with Crippen LogP contribution >= 0.6 is 15.9 Å². The van der Waals surface area contributed by atoms with Crippen LogP contribution in [0.4, 0.5) is 0 Å². The Kier molecular flexibility index (Phi) is 5.61. The maximum absolute atomic E-state index is 12.7. The third kappa shape index (κ3) is 4.09. The van der Waals surface area contributed by atoms with Crippen molar-refractivity contribution in [2.75, 3.05) is 6.61 Å². The van der Waals surface area contributed by atoms with Crippen LogP contribution in [0.2, 0.25) is 0 Å². The molecule has 2 aromatic rings. The van der Waals surface area contributed by atoms with Gasteiger partial charge in [0.1, 0.15) is 10.6 Å². The molecule has 0 heterocycles. The van der Waals surface area contributed by atoms with Crippen molar-refractivity contribution in [1.82, 2.24) is 4.72 Å². The summed E-state index contributed by atoms with van der Waals surface area (Å²) < 4.78 is 34.1. The fourth-order valence-electron chi connectivity index (χ4n) is 2.07. The molecule has 22 heavy (non-hydrogen) atoms. The van der Waals surface area contributed by atoms with Crippen molar-refractivity contribution in [1.29, 1.82) is 0 Å². The molecule has 0 fully saturated rings. The van der Waals surface area contributed by atoms with E-state index in [-0.39, 0.29) is 10.9 Å². The fourth-order valence-corrected chi connectivity index (χ4v) is 3.99. The van der Waals surface area contributed by atoms with E-state index in [0.717, 1.165) is 5.56 Å². The normalized spacial score (nSPS) is 12.9. The largest absolute Gasteiger partial charge is 0.492 e. The zero-order valence-electron chi connectivity index (χ0n) is 12.4. The van der Waals surface area contributed by atoms with E-state index >= 15 is 0 Å². The molecular weight excluding hydrogens is 366 g/mol. The molecule has 1 atom stereocenters. The number of ether oxygens (including phenoxy) is 1. The van der Waals surface area contributed by atoms with Gasteiger partial charge in [-0.25, -0.2) is 13.1 Å². The predicted octanol–water partition coefficient (Wildman–Crippen LogP) is 3.89. The summed E-state index contributed by atoms with van der Waals surface area (Å²) in [5.41, 5.74) is 0.902. The molecule has 0 spiro atoms. The van der Waals surface area contributed by atoms with Crippen LogP contribution in [0.3, 0.4) is 0 Å². The Morgan fingerprint density at radius 2 is 1.86 bits per heavy atom. The number of halogens is 1. The van der Waals surface area contributed by atoms with Crippen molar-refractivity contribution in [3.05, 3.63) is 58.6 Å². The molecule has 2 rings (SSSR count). The highest BCUT2D eigenvalue weighted by atomic mass is 79.9. The van der Waals surface area contributed by atoms with Gasteiger partial charge in [-0.15, -0.1) is 0 Å². The van der Waals surface area contributed by atoms with Gasteiger partial charge in [-0.3, -0.25) is 0 Å². The minimum absolute atomic E-state index is 0.131. The van der Waals surface area contributed by atoms with Crippen molar-refractivity contribution in [2.24, 2.45) is 0 Å². The molecule has 0 amide bonds. The molecule has 1 N–H and O–H groups in total. The molecule has 4 nitrogen and oxygen atoms in total. The molecule has 0 aliphatic rings. The Morgan fingerprint density at radius 3 is 2.50 bits per heavy atom. The average Bonchev–Trinajstić information content (AvgIpc) is 2.49. The van der Waals surface area contributed by atoms with Crippen molar-refractivity contribution in [2.45, 2.75) is 24.8 Å². The molecule has 118 valence electrons. The SMILES string of the molecule is CCOc1ccc(Br)cc1S(=O)(=O)N[C@@H](C)c1ccccc1. The van der Waals surface area contributed by atoms with Crippen LogP contribution in [0.1, 0.15) is 25.5 Å². The molecule has 0 radical (unpaired) electrons. The first-order valence-corrected chi connectivity index (χ1v) is 9.21. The lowest BCUT2D eigenvalue weighted by Gasteiger charge is -2.17. The van der Waals surface area contributed by atoms with Crippen LogP contribution in [-0.2, 0) is 10.0 Å². The summed E-state index contributed by atoms with van der Waals surface area (Å²) in [6.07, 6.45) is 0. The molecule has 0 unspecified atom stereocenters. The van der Waals surface area contributed by atoms with Gasteiger partial charge < -0.3 is 4.74 Å². The van der Waals surface area contributed by atoms with Crippen LogP contribution in [0.5, 0.6) is 5.75 Å². The molecular formula is C16H18BrNO3S. The Hall–Kier alpha value is -1.37. The smallest absolute Gasteiger partial charge is 0.244 e. The van der Waals surface area contributed by atoms with Crippen LogP contribution in [0, 0.1) is 0 Å². The third-order valence-electron chi connectivity index (χ3n) is 3.13. The van der Waals surface area contributed by atoms with Gasteiger partial charge in [0.25, 0.3) is 0 Å². The van der Waals surface area contributed by atoms with Gasteiger partial charge in [0.2, 0.25) is 10.0 Å². The number of benzene rings is 2. The highest BCUT2D eigenvalue weighted by Crippen LogP contribution is 2.28. The highest BCUT2D eigenvalue weighted by molar-refractivity contribution is 9.10. The Labute approximate surface area is 139 Å². The van der Waals surface area contributed by atoms with Crippen LogP contribution in [-0.4, -0.2) is 15.0 Å². The van der Waals surface area contributed by atoms with Crippen LogP contribution in [0.15, 0.2) is 57.9 Å². The van der Waals surface area contributed by atoms with Crippen molar-refractivity contribution in [3.8, 4) is 5.75 Å². The number of sulfonamides is 1. The Bertz CT molecular complexity index is 732. The minimum Gasteiger partial charge on any atom is -0.492 e. The fraction of sp³-hybridized carbons (Fsp3) is 0.250. The summed E-state index contributed by atoms with van der Waals surface area (Å²) in [6, 6.07) is 14.0. The lowest BCUT2D eigenvalue weighted by Crippen LogP contribution is -2.27. The van der Waals surface area contributed by atoms with Gasteiger partial charge in [-0.1, -0.05) is 46.3 Å². The van der Waals surface area contributed by atoms with Crippen molar-refractivity contribution in [3.63, 3.8) is 0 Å². The number of hydrogen-bond donors (Lipinski definition) is 1. The molecule has 0 saturated heterocycles. The first-order chi connectivity index (χ1) is 10.4. The maximum Gasteiger partial charge on any atom is 0.244 e. The van der Waals surface area contributed by atoms with Gasteiger partial charge in [-0.2, -0.15) is 0 Å².